The first kappa shape index (κ1) is 30.9. The van der Waals surface area contributed by atoms with Crippen LogP contribution in [0.5, 0.6) is 11.5 Å². The fourth-order valence-corrected chi connectivity index (χ4v) is 7.96. The fourth-order valence-electron chi connectivity index (χ4n) is 7.96. The van der Waals surface area contributed by atoms with Crippen molar-refractivity contribution in [3.8, 4) is 23.1 Å². The molecule has 12 aromatic rings. The summed E-state index contributed by atoms with van der Waals surface area (Å²) in [6.45, 7) is 0. The SMILES string of the molecule is [Pt+2].[c-]1c(Oc2[c-]c3c(cc2)c2cc4oc5ccccc5c4cc2n3-c2ccccn2)ccc2c3cc4oc5ccccc5c4cc3n(-c3ccccn3)c12. The normalized spacial score (nSPS) is 11.9. The summed E-state index contributed by atoms with van der Waals surface area (Å²) in [6.07, 6.45) is 3.62. The Bertz CT molecular complexity index is 3200. The molecule has 6 heterocycles. The molecule has 8 heteroatoms. The van der Waals surface area contributed by atoms with Crippen LogP contribution in [0.15, 0.2) is 155 Å². The van der Waals surface area contributed by atoms with E-state index in [1.165, 1.54) is 0 Å². The summed E-state index contributed by atoms with van der Waals surface area (Å²) in [7, 11) is 0. The Hall–Kier alpha value is -6.69. The number of nitrogens with zero attached hydrogens (tertiary/aromatic N) is 4. The van der Waals surface area contributed by atoms with Crippen molar-refractivity contribution in [1.82, 2.24) is 19.1 Å². The molecule has 6 aromatic carbocycles. The van der Waals surface area contributed by atoms with Gasteiger partial charge >= 0.3 is 21.1 Å². The molecule has 0 radical (unpaired) electrons. The summed E-state index contributed by atoms with van der Waals surface area (Å²) in [5, 5.41) is 8.39. The molecule has 0 aliphatic heterocycles. The van der Waals surface area contributed by atoms with Gasteiger partial charge in [0.25, 0.3) is 0 Å². The first-order valence-corrected chi connectivity index (χ1v) is 17.4. The molecular formula is C46H24N4O3Pt. The number of pyridine rings is 2. The van der Waals surface area contributed by atoms with Crippen LogP contribution < -0.4 is 4.74 Å². The van der Waals surface area contributed by atoms with Crippen molar-refractivity contribution in [2.45, 2.75) is 0 Å². The average molecular weight is 876 g/mol. The van der Waals surface area contributed by atoms with Crippen LogP contribution in [-0.2, 0) is 21.1 Å². The quantitative estimate of drug-likeness (QED) is 0.165. The Labute approximate surface area is 320 Å². The number of fused-ring (bicyclic) bond motifs is 12. The molecule has 54 heavy (non-hydrogen) atoms. The number of ether oxygens (including phenoxy) is 1. The Balaban J connectivity index is 0.00000341. The van der Waals surface area contributed by atoms with Gasteiger partial charge in [0.15, 0.2) is 0 Å². The van der Waals surface area contributed by atoms with Crippen molar-refractivity contribution < 1.29 is 34.6 Å². The molecule has 256 valence electrons. The second kappa shape index (κ2) is 11.7. The summed E-state index contributed by atoms with van der Waals surface area (Å²) < 4.78 is 23.5. The molecule has 0 aliphatic rings. The van der Waals surface area contributed by atoms with E-state index in [9.17, 15) is 0 Å². The topological polar surface area (TPSA) is 71.2 Å². The largest absolute Gasteiger partial charge is 2.00 e. The van der Waals surface area contributed by atoms with Crippen molar-refractivity contribution in [2.75, 3.05) is 0 Å². The zero-order valence-electron chi connectivity index (χ0n) is 28.2. The molecule has 0 bridgehead atoms. The van der Waals surface area contributed by atoms with Gasteiger partial charge in [-0.25, -0.2) is 9.97 Å². The summed E-state index contributed by atoms with van der Waals surface area (Å²) >= 11 is 0. The van der Waals surface area contributed by atoms with Gasteiger partial charge in [0.2, 0.25) is 0 Å². The third-order valence-corrected chi connectivity index (χ3v) is 10.3. The van der Waals surface area contributed by atoms with E-state index in [0.717, 1.165) is 99.1 Å². The summed E-state index contributed by atoms with van der Waals surface area (Å²) in [4.78, 5) is 9.50. The third kappa shape index (κ3) is 4.45. The van der Waals surface area contributed by atoms with Gasteiger partial charge in [-0.15, -0.1) is 35.0 Å². The molecule has 0 saturated heterocycles. The fraction of sp³-hybridized carbons (Fsp3) is 0. The molecule has 0 unspecified atom stereocenters. The number of furan rings is 2. The van der Waals surface area contributed by atoms with Crippen LogP contribution in [0, 0.1) is 12.1 Å². The molecule has 6 aromatic heterocycles. The minimum Gasteiger partial charge on any atom is -0.509 e. The third-order valence-electron chi connectivity index (χ3n) is 10.3. The maximum Gasteiger partial charge on any atom is 2.00 e. The first-order chi connectivity index (χ1) is 26.2. The molecule has 0 saturated carbocycles. The maximum absolute atomic E-state index is 6.59. The van der Waals surface area contributed by atoms with Crippen LogP contribution >= 0.6 is 0 Å². The monoisotopic (exact) mass is 875 g/mol. The predicted octanol–water partition coefficient (Wildman–Crippen LogP) is 11.9. The zero-order valence-corrected chi connectivity index (χ0v) is 30.5. The van der Waals surface area contributed by atoms with Gasteiger partial charge in [0.05, 0.1) is 0 Å². The van der Waals surface area contributed by atoms with E-state index in [2.05, 4.69) is 69.8 Å². The van der Waals surface area contributed by atoms with Gasteiger partial charge in [0, 0.05) is 56.5 Å². The summed E-state index contributed by atoms with van der Waals surface area (Å²) in [5.74, 6) is 2.71. The molecular weight excluding hydrogens is 852 g/mol. The van der Waals surface area contributed by atoms with Crippen molar-refractivity contribution in [2.24, 2.45) is 0 Å². The van der Waals surface area contributed by atoms with E-state index in [0.29, 0.717) is 11.5 Å². The van der Waals surface area contributed by atoms with Crippen molar-refractivity contribution in [3.05, 3.63) is 158 Å². The standard InChI is InChI=1S/C46H24N4O3.Pt/c1-3-11-41-31(9-1)35-23-39-33(25-43(35)52-41)29-17-15-27(21-37(29)49(39)45-13-5-7-19-47-45)51-28-16-18-30-34-26-44-36(32-10-2-4-12-42(32)53-44)24-40(34)50(38(30)22-28)46-14-6-8-20-48-46;/h1-20,23-26H;/q-2;+2. The van der Waals surface area contributed by atoms with Crippen molar-refractivity contribution in [1.29, 1.82) is 0 Å². The van der Waals surface area contributed by atoms with E-state index in [1.54, 1.807) is 0 Å². The van der Waals surface area contributed by atoms with E-state index in [-0.39, 0.29) is 21.1 Å². The number of rotatable bonds is 4. The number of aromatic nitrogens is 4. The van der Waals surface area contributed by atoms with Gasteiger partial charge in [0.1, 0.15) is 34.0 Å². The molecule has 12 rings (SSSR count). The van der Waals surface area contributed by atoms with Crippen LogP contribution in [0.1, 0.15) is 0 Å². The first-order valence-electron chi connectivity index (χ1n) is 17.4. The predicted molar refractivity (Wildman–Crippen MR) is 209 cm³/mol. The van der Waals surface area contributed by atoms with Crippen LogP contribution in [0.25, 0.3) is 99.1 Å². The molecule has 0 N–H and O–H groups in total. The number of benzene rings is 6. The molecule has 0 spiro atoms. The van der Waals surface area contributed by atoms with Crippen LogP contribution in [-0.4, -0.2) is 19.1 Å². The summed E-state index contributed by atoms with van der Waals surface area (Å²) in [5.41, 5.74) is 7.14. The van der Waals surface area contributed by atoms with E-state index in [4.69, 9.17) is 23.5 Å². The zero-order chi connectivity index (χ0) is 34.6. The van der Waals surface area contributed by atoms with E-state index >= 15 is 0 Å². The van der Waals surface area contributed by atoms with E-state index < -0.39 is 0 Å². The molecule has 0 aliphatic carbocycles. The van der Waals surface area contributed by atoms with Gasteiger partial charge in [-0.05, 0) is 71.4 Å². The molecule has 0 atom stereocenters. The average Bonchev–Trinajstić information content (AvgIpc) is 3.93. The Morgan fingerprint density at radius 1 is 0.426 bits per heavy atom. The smallest absolute Gasteiger partial charge is 0.509 e. The summed E-state index contributed by atoms with van der Waals surface area (Å²) in [6, 6.07) is 52.0. The molecule has 7 nitrogen and oxygen atoms in total. The van der Waals surface area contributed by atoms with Crippen LogP contribution in [0.2, 0.25) is 0 Å². The number of hydrogen-bond donors (Lipinski definition) is 0. The van der Waals surface area contributed by atoms with Crippen molar-refractivity contribution in [3.63, 3.8) is 0 Å². The van der Waals surface area contributed by atoms with Gasteiger partial charge in [-0.1, -0.05) is 59.6 Å². The Kier molecular flexibility index (Phi) is 6.67. The minimum absolute atomic E-state index is 0. The minimum atomic E-state index is 0. The van der Waals surface area contributed by atoms with E-state index in [1.807, 2.05) is 97.3 Å². The number of para-hydroxylation sites is 2. The number of hydrogen-bond acceptors (Lipinski definition) is 5. The van der Waals surface area contributed by atoms with Gasteiger partial charge in [-0.2, -0.15) is 12.1 Å². The van der Waals surface area contributed by atoms with Crippen LogP contribution in [0.3, 0.4) is 0 Å². The molecule has 0 fully saturated rings. The van der Waals surface area contributed by atoms with Gasteiger partial charge in [-0.3, -0.25) is 0 Å². The van der Waals surface area contributed by atoms with Gasteiger partial charge < -0.3 is 22.7 Å². The second-order valence-electron chi connectivity index (χ2n) is 13.2. The Morgan fingerprint density at radius 2 is 0.889 bits per heavy atom. The maximum atomic E-state index is 6.59. The van der Waals surface area contributed by atoms with Crippen molar-refractivity contribution >= 4 is 87.5 Å². The molecule has 0 amide bonds. The Morgan fingerprint density at radius 3 is 1.35 bits per heavy atom. The van der Waals surface area contributed by atoms with Crippen LogP contribution in [0.4, 0.5) is 0 Å². The second-order valence-corrected chi connectivity index (χ2v) is 13.2.